The minimum atomic E-state index is -2.17. The largest absolute Gasteiger partial charge is 0.437 e. The molecular formula is C16H48OSi7. The third kappa shape index (κ3) is 4.31. The van der Waals surface area contributed by atoms with Gasteiger partial charge in [-0.05, 0) is 5.67 Å². The van der Waals surface area contributed by atoms with Gasteiger partial charge in [-0.1, -0.05) is 98.2 Å². The van der Waals surface area contributed by atoms with Crippen LogP contribution in [0.25, 0.3) is 0 Å². The SMILES string of the molecule is C[Si](C)(C)[Si](O)(C[Si]([Si](C)(C)C)([Si](C)(C)C)[Si](C)(C)C)[Si](C)(C)C. The van der Waals surface area contributed by atoms with E-state index in [1.165, 1.54) is 5.67 Å². The van der Waals surface area contributed by atoms with Crippen LogP contribution < -0.4 is 0 Å². The van der Waals surface area contributed by atoms with Crippen molar-refractivity contribution in [1.82, 2.24) is 0 Å². The Kier molecular flexibility index (Phi) is 7.24. The number of hydrogen-bond donors (Lipinski definition) is 1. The minimum Gasteiger partial charge on any atom is -0.437 e. The maximum atomic E-state index is 12.5. The van der Waals surface area contributed by atoms with Gasteiger partial charge in [0, 0.05) is 29.4 Å². The zero-order valence-electron chi connectivity index (χ0n) is 19.7. The molecule has 0 saturated carbocycles. The Morgan fingerprint density at radius 2 is 0.625 bits per heavy atom. The van der Waals surface area contributed by atoms with E-state index in [0.29, 0.717) is 0 Å². The van der Waals surface area contributed by atoms with E-state index in [1.807, 2.05) is 0 Å². The second-order valence-electron chi connectivity index (χ2n) is 13.2. The highest BCUT2D eigenvalue weighted by Gasteiger charge is 2.67. The van der Waals surface area contributed by atoms with Crippen LogP contribution in [-0.2, 0) is 0 Å². The molecular weight excluding hydrogens is 405 g/mol. The molecule has 0 bridgehead atoms. The highest BCUT2D eigenvalue weighted by Crippen LogP contribution is 2.45. The summed E-state index contributed by atoms with van der Waals surface area (Å²) in [5, 5.41) is 0. The van der Waals surface area contributed by atoms with E-state index in [1.54, 1.807) is 0 Å². The molecule has 0 aliphatic heterocycles. The quantitative estimate of drug-likeness (QED) is 0.470. The highest BCUT2D eigenvalue weighted by atomic mass is 29.9. The number of hydrogen-bond acceptors (Lipinski definition) is 1. The van der Waals surface area contributed by atoms with Gasteiger partial charge in [0.15, 0.2) is 7.35 Å². The van der Waals surface area contributed by atoms with Gasteiger partial charge >= 0.3 is 0 Å². The van der Waals surface area contributed by atoms with Crippen molar-refractivity contribution >= 4 is 51.9 Å². The lowest BCUT2D eigenvalue weighted by Gasteiger charge is -2.62. The first-order chi connectivity index (χ1) is 9.96. The molecule has 0 spiro atoms. The van der Waals surface area contributed by atoms with E-state index in [9.17, 15) is 4.80 Å². The van der Waals surface area contributed by atoms with E-state index in [-0.39, 0.29) is 0 Å². The van der Waals surface area contributed by atoms with Crippen molar-refractivity contribution in [3.05, 3.63) is 0 Å². The molecule has 0 aliphatic rings. The van der Waals surface area contributed by atoms with Gasteiger partial charge in [0.25, 0.3) is 0 Å². The maximum Gasteiger partial charge on any atom is 0.160 e. The fraction of sp³-hybridized carbons (Fsp3) is 1.00. The second-order valence-corrected chi connectivity index (χ2v) is 81.8. The first-order valence-electron chi connectivity index (χ1n) is 9.68. The van der Waals surface area contributed by atoms with Gasteiger partial charge in [-0.25, -0.2) is 0 Å². The molecule has 0 aromatic rings. The Morgan fingerprint density at radius 1 is 0.417 bits per heavy atom. The van der Waals surface area contributed by atoms with Crippen molar-refractivity contribution in [2.45, 2.75) is 104 Å². The van der Waals surface area contributed by atoms with Crippen molar-refractivity contribution < 1.29 is 4.80 Å². The van der Waals surface area contributed by atoms with Gasteiger partial charge in [0.1, 0.15) is 0 Å². The Bertz CT molecular complexity index is 391. The fourth-order valence-corrected chi connectivity index (χ4v) is 182. The van der Waals surface area contributed by atoms with Crippen LogP contribution in [0.1, 0.15) is 0 Å². The van der Waals surface area contributed by atoms with Crippen molar-refractivity contribution in [3.8, 4) is 0 Å². The summed E-state index contributed by atoms with van der Waals surface area (Å²) in [7, 11) is -9.12. The van der Waals surface area contributed by atoms with Crippen molar-refractivity contribution in [2.75, 3.05) is 0 Å². The van der Waals surface area contributed by atoms with Gasteiger partial charge in [-0.3, -0.25) is 0 Å². The summed E-state index contributed by atoms with van der Waals surface area (Å²) < 4.78 is 0. The molecule has 0 amide bonds. The second kappa shape index (κ2) is 6.82. The Hall–Kier alpha value is 1.48. The van der Waals surface area contributed by atoms with E-state index in [4.69, 9.17) is 0 Å². The highest BCUT2D eigenvalue weighted by molar-refractivity contribution is 7.92. The first-order valence-corrected chi connectivity index (χ1v) is 36.5. The summed E-state index contributed by atoms with van der Waals surface area (Å²) >= 11 is 0. The van der Waals surface area contributed by atoms with E-state index >= 15 is 0 Å². The smallest absolute Gasteiger partial charge is 0.160 e. The minimum absolute atomic E-state index is 1.29. The van der Waals surface area contributed by atoms with Crippen LogP contribution >= 0.6 is 0 Å². The van der Waals surface area contributed by atoms with Crippen LogP contribution in [0.2, 0.25) is 104 Å². The standard InChI is InChI=1S/C16H48OSi7/c1-18(2,3)23(17,19(4,5)6)16-24(20(7,8)9,21(10,11)12)22(13,14)15/h17H,16H2,1-15H3. The molecule has 1 N–H and O–H groups in total. The van der Waals surface area contributed by atoms with Crippen LogP contribution in [-0.4, -0.2) is 56.7 Å². The Balaban J connectivity index is 6.84. The normalized spacial score (nSPS) is 16.5. The van der Waals surface area contributed by atoms with Gasteiger partial charge in [0.05, 0.1) is 15.2 Å². The molecule has 0 rings (SSSR count). The molecule has 0 radical (unpaired) electrons. The van der Waals surface area contributed by atoms with Crippen LogP contribution in [0.3, 0.4) is 0 Å². The van der Waals surface area contributed by atoms with Gasteiger partial charge in [-0.2, -0.15) is 0 Å². The van der Waals surface area contributed by atoms with Crippen molar-refractivity contribution in [3.63, 3.8) is 0 Å². The Morgan fingerprint density at radius 3 is 0.750 bits per heavy atom. The zero-order chi connectivity index (χ0) is 20.2. The van der Waals surface area contributed by atoms with Crippen LogP contribution in [0, 0.1) is 0 Å². The summed E-state index contributed by atoms with van der Waals surface area (Å²) in [6.07, 6.45) is 0. The monoisotopic (exact) mass is 452 g/mol. The van der Waals surface area contributed by atoms with Crippen molar-refractivity contribution in [2.24, 2.45) is 0 Å². The molecule has 24 heavy (non-hydrogen) atoms. The van der Waals surface area contributed by atoms with E-state index in [2.05, 4.69) is 98.2 Å². The molecule has 0 aliphatic carbocycles. The molecule has 0 aromatic carbocycles. The molecule has 0 fully saturated rings. The third-order valence-electron chi connectivity index (χ3n) is 6.84. The predicted octanol–water partition coefficient (Wildman–Crippen LogP) is 6.00. The topological polar surface area (TPSA) is 20.2 Å². The van der Waals surface area contributed by atoms with Crippen LogP contribution in [0.5, 0.6) is 0 Å². The van der Waals surface area contributed by atoms with E-state index < -0.39 is 51.9 Å². The van der Waals surface area contributed by atoms with Crippen molar-refractivity contribution in [1.29, 1.82) is 0 Å². The van der Waals surface area contributed by atoms with Gasteiger partial charge < -0.3 is 4.80 Å². The molecule has 8 heteroatoms. The molecule has 1 nitrogen and oxygen atoms in total. The summed E-state index contributed by atoms with van der Waals surface area (Å²) in [5.41, 5.74) is 1.38. The molecule has 0 heterocycles. The summed E-state index contributed by atoms with van der Waals surface area (Å²) in [4.78, 5) is 12.5. The zero-order valence-corrected chi connectivity index (χ0v) is 26.7. The third-order valence-corrected chi connectivity index (χ3v) is 124. The lowest BCUT2D eigenvalue weighted by atomic mass is 11.8. The van der Waals surface area contributed by atoms with Crippen LogP contribution in [0.15, 0.2) is 0 Å². The lowest BCUT2D eigenvalue weighted by molar-refractivity contribution is 0.581. The van der Waals surface area contributed by atoms with Crippen LogP contribution in [0.4, 0.5) is 0 Å². The summed E-state index contributed by atoms with van der Waals surface area (Å²) in [6, 6.07) is 0. The number of rotatable bonds is 7. The average molecular weight is 453 g/mol. The predicted molar refractivity (Wildman–Crippen MR) is 135 cm³/mol. The Labute approximate surface area is 160 Å². The van der Waals surface area contributed by atoms with Gasteiger partial charge in [-0.15, -0.1) is 0 Å². The fourth-order valence-electron chi connectivity index (χ4n) is 6.21. The molecule has 0 aromatic heterocycles. The maximum absolute atomic E-state index is 12.5. The van der Waals surface area contributed by atoms with E-state index in [0.717, 1.165) is 0 Å². The summed E-state index contributed by atoms with van der Waals surface area (Å²) in [5.74, 6) is 0. The molecule has 0 unspecified atom stereocenters. The lowest BCUT2D eigenvalue weighted by Crippen LogP contribution is -2.88. The van der Waals surface area contributed by atoms with Gasteiger partial charge in [0.2, 0.25) is 0 Å². The first kappa shape index (κ1) is 25.5. The summed E-state index contributed by atoms with van der Waals surface area (Å²) in [6.45, 7) is 37.6. The molecule has 0 atom stereocenters. The molecule has 146 valence electrons. The average Bonchev–Trinajstić information content (AvgIpc) is 2.15. The molecule has 0 saturated heterocycles.